The molecule has 0 fully saturated rings. The predicted octanol–water partition coefficient (Wildman–Crippen LogP) is 1.06. The summed E-state index contributed by atoms with van der Waals surface area (Å²) >= 11 is 5.63. The van der Waals surface area contributed by atoms with E-state index in [1.54, 1.807) is 31.2 Å². The Morgan fingerprint density at radius 1 is 1.59 bits per heavy atom. The molecule has 5 nitrogen and oxygen atoms in total. The number of aromatic nitrogens is 2. The highest BCUT2D eigenvalue weighted by atomic mass is 35.5. The molecule has 0 amide bonds. The van der Waals surface area contributed by atoms with Crippen LogP contribution in [0.1, 0.15) is 12.5 Å². The molecule has 1 aromatic heterocycles. The fraction of sp³-hybridized carbons (Fsp3) is 0.700. The Bertz CT molecular complexity index is 458. The topological polar surface area (TPSA) is 55.2 Å². The summed E-state index contributed by atoms with van der Waals surface area (Å²) in [6.07, 6.45) is 3.47. The zero-order chi connectivity index (χ0) is 13.1. The average Bonchev–Trinajstić information content (AvgIpc) is 2.63. The molecule has 7 heteroatoms. The van der Waals surface area contributed by atoms with Crippen molar-refractivity contribution < 1.29 is 8.42 Å². The molecule has 0 radical (unpaired) electrons. The molecular formula is C10H18ClN3O2S. The SMILES string of the molecule is CC(CCl)CS(=O)(=O)N(C)Cc1cnn(C)c1. The zero-order valence-electron chi connectivity index (χ0n) is 10.3. The molecule has 1 heterocycles. The van der Waals surface area contributed by atoms with E-state index >= 15 is 0 Å². The second-order valence-electron chi connectivity index (χ2n) is 4.32. The maximum Gasteiger partial charge on any atom is 0.214 e. The lowest BCUT2D eigenvalue weighted by Gasteiger charge is -2.18. The van der Waals surface area contributed by atoms with E-state index in [0.29, 0.717) is 12.4 Å². The lowest BCUT2D eigenvalue weighted by Crippen LogP contribution is -2.31. The van der Waals surface area contributed by atoms with E-state index in [0.717, 1.165) is 5.56 Å². The van der Waals surface area contributed by atoms with Crippen LogP contribution in [0.4, 0.5) is 0 Å². The number of sulfonamides is 1. The van der Waals surface area contributed by atoms with E-state index in [2.05, 4.69) is 5.10 Å². The van der Waals surface area contributed by atoms with Gasteiger partial charge in [-0.25, -0.2) is 12.7 Å². The van der Waals surface area contributed by atoms with Gasteiger partial charge < -0.3 is 0 Å². The van der Waals surface area contributed by atoms with Crippen LogP contribution in [0.5, 0.6) is 0 Å². The van der Waals surface area contributed by atoms with Gasteiger partial charge in [-0.2, -0.15) is 5.10 Å². The second-order valence-corrected chi connectivity index (χ2v) is 6.75. The summed E-state index contributed by atoms with van der Waals surface area (Å²) in [4.78, 5) is 0. The summed E-state index contributed by atoms with van der Waals surface area (Å²) in [7, 11) is 0.123. The highest BCUT2D eigenvalue weighted by Gasteiger charge is 2.21. The molecule has 0 aliphatic rings. The number of rotatable bonds is 6. The van der Waals surface area contributed by atoms with Crippen molar-refractivity contribution in [3.8, 4) is 0 Å². The maximum atomic E-state index is 12.0. The van der Waals surface area contributed by atoms with Gasteiger partial charge in [-0.15, -0.1) is 11.6 Å². The molecule has 17 heavy (non-hydrogen) atoms. The summed E-state index contributed by atoms with van der Waals surface area (Å²) in [5.74, 6) is 0.380. The monoisotopic (exact) mass is 279 g/mol. The van der Waals surface area contributed by atoms with Crippen molar-refractivity contribution in [3.05, 3.63) is 18.0 Å². The molecule has 0 N–H and O–H groups in total. The van der Waals surface area contributed by atoms with Crippen molar-refractivity contribution in [3.63, 3.8) is 0 Å². The van der Waals surface area contributed by atoms with Crippen LogP contribution in [0.2, 0.25) is 0 Å². The number of nitrogens with zero attached hydrogens (tertiary/aromatic N) is 3. The number of alkyl halides is 1. The van der Waals surface area contributed by atoms with E-state index in [1.165, 1.54) is 4.31 Å². The fourth-order valence-corrected chi connectivity index (χ4v) is 3.12. The predicted molar refractivity (Wildman–Crippen MR) is 68.3 cm³/mol. The molecule has 0 aliphatic carbocycles. The van der Waals surface area contributed by atoms with Crippen molar-refractivity contribution in [2.45, 2.75) is 13.5 Å². The van der Waals surface area contributed by atoms with Crippen LogP contribution < -0.4 is 0 Å². The summed E-state index contributed by atoms with van der Waals surface area (Å²) < 4.78 is 26.9. The smallest absolute Gasteiger partial charge is 0.214 e. The Hall–Kier alpha value is -0.590. The van der Waals surface area contributed by atoms with E-state index in [1.807, 2.05) is 6.92 Å². The van der Waals surface area contributed by atoms with Gasteiger partial charge in [0, 0.05) is 38.3 Å². The molecule has 1 aromatic rings. The van der Waals surface area contributed by atoms with E-state index in [9.17, 15) is 8.42 Å². The summed E-state index contributed by atoms with van der Waals surface area (Å²) in [5, 5.41) is 4.00. The first-order valence-corrected chi connectivity index (χ1v) is 7.47. The van der Waals surface area contributed by atoms with Crippen LogP contribution in [-0.2, 0) is 23.6 Å². The van der Waals surface area contributed by atoms with E-state index in [-0.39, 0.29) is 11.7 Å². The molecule has 0 bridgehead atoms. The van der Waals surface area contributed by atoms with Crippen molar-refractivity contribution in [1.82, 2.24) is 14.1 Å². The zero-order valence-corrected chi connectivity index (χ0v) is 11.9. The minimum Gasteiger partial charge on any atom is -0.275 e. The molecule has 1 rings (SSSR count). The normalized spacial score (nSPS) is 14.2. The van der Waals surface area contributed by atoms with Crippen LogP contribution in [0.25, 0.3) is 0 Å². The first-order chi connectivity index (χ1) is 7.85. The molecule has 0 aliphatic heterocycles. The minimum atomic E-state index is -3.25. The molecule has 98 valence electrons. The quantitative estimate of drug-likeness (QED) is 0.732. The van der Waals surface area contributed by atoms with Crippen LogP contribution in [0.3, 0.4) is 0 Å². The van der Waals surface area contributed by atoms with Gasteiger partial charge in [-0.1, -0.05) is 6.92 Å². The molecule has 0 saturated heterocycles. The van der Waals surface area contributed by atoms with Crippen LogP contribution in [-0.4, -0.2) is 41.2 Å². The van der Waals surface area contributed by atoms with Crippen molar-refractivity contribution in [2.75, 3.05) is 18.7 Å². The molecule has 1 atom stereocenters. The minimum absolute atomic E-state index is 0.0435. The maximum absolute atomic E-state index is 12.0. The standard InChI is InChI=1S/C10H18ClN3O2S/c1-9(4-11)8-17(15,16)14(3)7-10-5-12-13(2)6-10/h5-6,9H,4,7-8H2,1-3H3. The Morgan fingerprint density at radius 3 is 2.71 bits per heavy atom. The van der Waals surface area contributed by atoms with Gasteiger partial charge in [0.05, 0.1) is 11.9 Å². The Labute approximate surface area is 107 Å². The van der Waals surface area contributed by atoms with Gasteiger partial charge in [0.15, 0.2) is 0 Å². The number of hydrogen-bond donors (Lipinski definition) is 0. The van der Waals surface area contributed by atoms with Gasteiger partial charge in [-0.3, -0.25) is 4.68 Å². The third-order valence-electron chi connectivity index (χ3n) is 2.40. The third kappa shape index (κ3) is 4.29. The van der Waals surface area contributed by atoms with Gasteiger partial charge in [0.2, 0.25) is 10.0 Å². The van der Waals surface area contributed by atoms with Crippen molar-refractivity contribution in [1.29, 1.82) is 0 Å². The second kappa shape index (κ2) is 5.84. The van der Waals surface area contributed by atoms with Gasteiger partial charge in [0.25, 0.3) is 0 Å². The van der Waals surface area contributed by atoms with Crippen LogP contribution in [0, 0.1) is 5.92 Å². The molecule has 0 spiro atoms. The molecule has 0 aromatic carbocycles. The Morgan fingerprint density at radius 2 is 2.24 bits per heavy atom. The first kappa shape index (κ1) is 14.5. The number of halogens is 1. The number of aryl methyl sites for hydroxylation is 1. The highest BCUT2D eigenvalue weighted by molar-refractivity contribution is 7.89. The van der Waals surface area contributed by atoms with Crippen molar-refractivity contribution >= 4 is 21.6 Å². The molecule has 0 saturated carbocycles. The average molecular weight is 280 g/mol. The third-order valence-corrected chi connectivity index (χ3v) is 4.99. The lowest BCUT2D eigenvalue weighted by molar-refractivity contribution is 0.460. The molecular weight excluding hydrogens is 262 g/mol. The highest BCUT2D eigenvalue weighted by Crippen LogP contribution is 2.10. The molecule has 1 unspecified atom stereocenters. The fourth-order valence-electron chi connectivity index (χ4n) is 1.44. The summed E-state index contributed by atoms with van der Waals surface area (Å²) in [6.45, 7) is 2.16. The van der Waals surface area contributed by atoms with E-state index < -0.39 is 10.0 Å². The van der Waals surface area contributed by atoms with Crippen LogP contribution >= 0.6 is 11.6 Å². The van der Waals surface area contributed by atoms with Gasteiger partial charge in [0.1, 0.15) is 0 Å². The largest absolute Gasteiger partial charge is 0.275 e. The van der Waals surface area contributed by atoms with E-state index in [4.69, 9.17) is 11.6 Å². The first-order valence-electron chi connectivity index (χ1n) is 5.32. The Kier molecular flexibility index (Phi) is 4.97. The van der Waals surface area contributed by atoms with Gasteiger partial charge in [-0.05, 0) is 5.92 Å². The summed E-state index contributed by atoms with van der Waals surface area (Å²) in [6, 6.07) is 0. The van der Waals surface area contributed by atoms with Crippen LogP contribution in [0.15, 0.2) is 12.4 Å². The Balaban J connectivity index is 2.66. The number of hydrogen-bond acceptors (Lipinski definition) is 3. The lowest BCUT2D eigenvalue weighted by atomic mass is 10.3. The van der Waals surface area contributed by atoms with Gasteiger partial charge >= 0.3 is 0 Å². The summed E-state index contributed by atoms with van der Waals surface area (Å²) in [5.41, 5.74) is 0.872. The van der Waals surface area contributed by atoms with Crippen molar-refractivity contribution in [2.24, 2.45) is 13.0 Å².